The summed E-state index contributed by atoms with van der Waals surface area (Å²) >= 11 is 0. The number of hydrogen-bond donors (Lipinski definition) is 1. The highest BCUT2D eigenvalue weighted by molar-refractivity contribution is 5.88. The number of carbonyl (C=O) groups excluding carboxylic acids is 1. The van der Waals surface area contributed by atoms with Crippen LogP contribution in [0.3, 0.4) is 0 Å². The van der Waals surface area contributed by atoms with E-state index in [9.17, 15) is 9.59 Å². The number of nitrogens with zero attached hydrogens (tertiary/aromatic N) is 1. The molecule has 5 heteroatoms. The Morgan fingerprint density at radius 3 is 2.04 bits per heavy atom. The first kappa shape index (κ1) is 21.5. The zero-order valence-corrected chi connectivity index (χ0v) is 17.2. The Morgan fingerprint density at radius 1 is 0.964 bits per heavy atom. The predicted molar refractivity (Wildman–Crippen MR) is 111 cm³/mol. The number of rotatable bonds is 8. The second-order valence-electron chi connectivity index (χ2n) is 7.34. The number of amides is 1. The minimum absolute atomic E-state index is 0.00994. The molecule has 0 saturated heterocycles. The van der Waals surface area contributed by atoms with Gasteiger partial charge in [0.05, 0.1) is 5.56 Å². The lowest BCUT2D eigenvalue weighted by atomic mass is 10.00. The van der Waals surface area contributed by atoms with Gasteiger partial charge in [-0.2, -0.15) is 0 Å². The molecule has 0 unspecified atom stereocenters. The number of carboxylic acids is 1. The standard InChI is InChI=1S/C23H29NO4/c1-6-17-13-20(18-7-9-19(10-8-18)23(26)27)11-12-21(17)28-14-22(25)24(15(2)3)16(4)5/h7-13,15-16H,6,14H2,1-5H3,(H,26,27). The molecule has 5 nitrogen and oxygen atoms in total. The summed E-state index contributed by atoms with van der Waals surface area (Å²) in [6.07, 6.45) is 0.767. The monoisotopic (exact) mass is 383 g/mol. The van der Waals surface area contributed by atoms with Crippen molar-refractivity contribution in [2.75, 3.05) is 6.61 Å². The van der Waals surface area contributed by atoms with Gasteiger partial charge in [0.25, 0.3) is 5.91 Å². The quantitative estimate of drug-likeness (QED) is 0.721. The van der Waals surface area contributed by atoms with Crippen LogP contribution >= 0.6 is 0 Å². The van der Waals surface area contributed by atoms with Crippen LogP contribution in [0.5, 0.6) is 5.75 Å². The summed E-state index contributed by atoms with van der Waals surface area (Å²) in [5.41, 5.74) is 3.19. The van der Waals surface area contributed by atoms with Crippen molar-refractivity contribution in [2.24, 2.45) is 0 Å². The average molecular weight is 383 g/mol. The lowest BCUT2D eigenvalue weighted by Crippen LogP contribution is -2.44. The second-order valence-corrected chi connectivity index (χ2v) is 7.34. The normalized spacial score (nSPS) is 11.0. The van der Waals surface area contributed by atoms with E-state index in [1.54, 1.807) is 24.3 Å². The van der Waals surface area contributed by atoms with Gasteiger partial charge in [0.15, 0.2) is 6.61 Å². The highest BCUT2D eigenvalue weighted by Crippen LogP contribution is 2.27. The first-order chi connectivity index (χ1) is 13.2. The molecule has 28 heavy (non-hydrogen) atoms. The van der Waals surface area contributed by atoms with Crippen molar-refractivity contribution >= 4 is 11.9 Å². The number of aryl methyl sites for hydroxylation is 1. The van der Waals surface area contributed by atoms with Crippen LogP contribution in [0.25, 0.3) is 11.1 Å². The third kappa shape index (κ3) is 5.12. The third-order valence-corrected chi connectivity index (χ3v) is 4.66. The lowest BCUT2D eigenvalue weighted by molar-refractivity contribution is -0.137. The molecule has 1 amide bonds. The maximum absolute atomic E-state index is 12.5. The van der Waals surface area contributed by atoms with Gasteiger partial charge in [0.2, 0.25) is 0 Å². The van der Waals surface area contributed by atoms with Crippen LogP contribution in [-0.4, -0.2) is 40.6 Å². The largest absolute Gasteiger partial charge is 0.483 e. The maximum atomic E-state index is 12.5. The Bertz CT molecular complexity index is 817. The van der Waals surface area contributed by atoms with Gasteiger partial charge < -0.3 is 14.7 Å². The highest BCUT2D eigenvalue weighted by Gasteiger charge is 2.20. The average Bonchev–Trinajstić information content (AvgIpc) is 2.65. The van der Waals surface area contributed by atoms with E-state index in [-0.39, 0.29) is 30.2 Å². The molecule has 0 spiro atoms. The molecule has 1 N–H and O–H groups in total. The van der Waals surface area contributed by atoms with E-state index in [1.807, 2.05) is 57.7 Å². The molecule has 0 heterocycles. The van der Waals surface area contributed by atoms with E-state index >= 15 is 0 Å². The van der Waals surface area contributed by atoms with Crippen LogP contribution in [0, 0.1) is 0 Å². The highest BCUT2D eigenvalue weighted by atomic mass is 16.5. The zero-order chi connectivity index (χ0) is 20.8. The number of aromatic carboxylic acids is 1. The van der Waals surface area contributed by atoms with Crippen molar-refractivity contribution in [1.82, 2.24) is 4.90 Å². The summed E-state index contributed by atoms with van der Waals surface area (Å²) in [7, 11) is 0. The van der Waals surface area contributed by atoms with Crippen LogP contribution in [0.1, 0.15) is 50.5 Å². The molecular weight excluding hydrogens is 354 g/mol. The summed E-state index contributed by atoms with van der Waals surface area (Å²) < 4.78 is 5.84. The van der Waals surface area contributed by atoms with Gasteiger partial charge in [-0.3, -0.25) is 4.79 Å². The molecule has 2 aromatic carbocycles. The second kappa shape index (κ2) is 9.40. The minimum Gasteiger partial charge on any atom is -0.483 e. The maximum Gasteiger partial charge on any atom is 0.335 e. The SMILES string of the molecule is CCc1cc(-c2ccc(C(=O)O)cc2)ccc1OCC(=O)N(C(C)C)C(C)C. The van der Waals surface area contributed by atoms with Gasteiger partial charge in [0.1, 0.15) is 5.75 Å². The summed E-state index contributed by atoms with van der Waals surface area (Å²) in [4.78, 5) is 25.4. The van der Waals surface area contributed by atoms with E-state index in [0.717, 1.165) is 23.1 Å². The molecule has 2 aromatic rings. The van der Waals surface area contributed by atoms with Gasteiger partial charge in [-0.25, -0.2) is 4.79 Å². The first-order valence-corrected chi connectivity index (χ1v) is 9.65. The van der Waals surface area contributed by atoms with E-state index in [0.29, 0.717) is 5.75 Å². The molecule has 0 aliphatic heterocycles. The van der Waals surface area contributed by atoms with Gasteiger partial charge in [-0.15, -0.1) is 0 Å². The van der Waals surface area contributed by atoms with Crippen molar-refractivity contribution in [2.45, 2.75) is 53.1 Å². The molecule has 0 aliphatic rings. The van der Waals surface area contributed by atoms with Gasteiger partial charge in [-0.1, -0.05) is 25.1 Å². The number of hydrogen-bond acceptors (Lipinski definition) is 3. The van der Waals surface area contributed by atoms with E-state index in [4.69, 9.17) is 9.84 Å². The number of carbonyl (C=O) groups is 2. The molecule has 0 atom stereocenters. The van der Waals surface area contributed by atoms with E-state index in [1.165, 1.54) is 0 Å². The molecule has 0 radical (unpaired) electrons. The van der Waals surface area contributed by atoms with Crippen LogP contribution in [0.15, 0.2) is 42.5 Å². The van der Waals surface area contributed by atoms with E-state index < -0.39 is 5.97 Å². The molecule has 2 rings (SSSR count). The fraction of sp³-hybridized carbons (Fsp3) is 0.391. The molecular formula is C23H29NO4. The van der Waals surface area contributed by atoms with Crippen LogP contribution in [0.4, 0.5) is 0 Å². The van der Waals surface area contributed by atoms with Crippen molar-refractivity contribution in [3.8, 4) is 16.9 Å². The Kier molecular flexibility index (Phi) is 7.21. The Labute approximate surface area is 166 Å². The van der Waals surface area contributed by atoms with Crippen molar-refractivity contribution in [1.29, 1.82) is 0 Å². The zero-order valence-electron chi connectivity index (χ0n) is 17.2. The van der Waals surface area contributed by atoms with Crippen LogP contribution in [-0.2, 0) is 11.2 Å². The Balaban J connectivity index is 2.17. The molecule has 0 aliphatic carbocycles. The molecule has 150 valence electrons. The van der Waals surface area contributed by atoms with Crippen LogP contribution in [0.2, 0.25) is 0 Å². The number of benzene rings is 2. The molecule has 0 aromatic heterocycles. The van der Waals surface area contributed by atoms with Crippen LogP contribution < -0.4 is 4.74 Å². The van der Waals surface area contributed by atoms with Crippen molar-refractivity contribution < 1.29 is 19.4 Å². The van der Waals surface area contributed by atoms with Crippen molar-refractivity contribution in [3.63, 3.8) is 0 Å². The minimum atomic E-state index is -0.939. The summed E-state index contributed by atoms with van der Waals surface area (Å²) in [6.45, 7) is 10.0. The molecule has 0 fully saturated rings. The summed E-state index contributed by atoms with van der Waals surface area (Å²) in [5, 5.41) is 9.03. The molecule has 0 bridgehead atoms. The van der Waals surface area contributed by atoms with Gasteiger partial charge >= 0.3 is 5.97 Å². The van der Waals surface area contributed by atoms with Crippen molar-refractivity contribution in [3.05, 3.63) is 53.6 Å². The number of carboxylic acid groups (broad SMARTS) is 1. The Morgan fingerprint density at radius 2 is 1.54 bits per heavy atom. The fourth-order valence-corrected chi connectivity index (χ4v) is 3.37. The topological polar surface area (TPSA) is 66.8 Å². The lowest BCUT2D eigenvalue weighted by Gasteiger charge is -2.30. The smallest absolute Gasteiger partial charge is 0.335 e. The summed E-state index contributed by atoms with van der Waals surface area (Å²) in [5.74, 6) is -0.263. The third-order valence-electron chi connectivity index (χ3n) is 4.66. The van der Waals surface area contributed by atoms with Gasteiger partial charge in [0, 0.05) is 12.1 Å². The van der Waals surface area contributed by atoms with Gasteiger partial charge in [-0.05, 0) is 75.1 Å². The van der Waals surface area contributed by atoms with E-state index in [2.05, 4.69) is 0 Å². The fourth-order valence-electron chi connectivity index (χ4n) is 3.37. The molecule has 0 saturated carbocycles. The Hall–Kier alpha value is -2.82. The number of ether oxygens (including phenoxy) is 1. The predicted octanol–water partition coefficient (Wildman–Crippen LogP) is 4.64. The first-order valence-electron chi connectivity index (χ1n) is 9.65. The summed E-state index contributed by atoms with van der Waals surface area (Å²) in [6, 6.07) is 12.9.